The van der Waals surface area contributed by atoms with Crippen LogP contribution in [0.3, 0.4) is 0 Å². The van der Waals surface area contributed by atoms with E-state index in [0.29, 0.717) is 17.5 Å². The van der Waals surface area contributed by atoms with Crippen LogP contribution in [0.5, 0.6) is 0 Å². The van der Waals surface area contributed by atoms with Crippen molar-refractivity contribution in [2.75, 3.05) is 6.54 Å². The summed E-state index contributed by atoms with van der Waals surface area (Å²) in [5, 5.41) is 3.30. The summed E-state index contributed by atoms with van der Waals surface area (Å²) in [7, 11) is -3.35. The van der Waals surface area contributed by atoms with Gasteiger partial charge in [0.05, 0.1) is 4.90 Å². The molecule has 0 saturated carbocycles. The van der Waals surface area contributed by atoms with E-state index in [2.05, 4.69) is 23.9 Å². The van der Waals surface area contributed by atoms with Gasteiger partial charge in [-0.3, -0.25) is 0 Å². The Morgan fingerprint density at radius 1 is 1.16 bits per heavy atom. The number of unbranched alkanes of at least 4 members (excludes halogenated alkanes) is 1. The van der Waals surface area contributed by atoms with Gasteiger partial charge in [-0.25, -0.2) is 13.1 Å². The minimum atomic E-state index is -3.35. The Balaban J connectivity index is 2.64. The predicted molar refractivity (Wildman–Crippen MR) is 78.5 cm³/mol. The maximum absolute atomic E-state index is 12.0. The number of rotatable bonds is 8. The van der Waals surface area contributed by atoms with E-state index in [0.717, 1.165) is 24.9 Å². The van der Waals surface area contributed by atoms with E-state index < -0.39 is 10.0 Å². The zero-order valence-corrected chi connectivity index (χ0v) is 12.8. The second kappa shape index (κ2) is 7.62. The smallest absolute Gasteiger partial charge is 0.240 e. The Bertz CT molecular complexity index is 467. The van der Waals surface area contributed by atoms with Crippen LogP contribution in [0.2, 0.25) is 0 Å². The van der Waals surface area contributed by atoms with E-state index in [1.807, 2.05) is 19.1 Å². The maximum atomic E-state index is 12.0. The van der Waals surface area contributed by atoms with E-state index in [1.54, 1.807) is 12.1 Å². The first-order valence-corrected chi connectivity index (χ1v) is 8.26. The summed E-state index contributed by atoms with van der Waals surface area (Å²) in [6.07, 6.45) is 1.83. The van der Waals surface area contributed by atoms with E-state index in [9.17, 15) is 8.42 Å². The van der Waals surface area contributed by atoms with Gasteiger partial charge in [0.1, 0.15) is 0 Å². The van der Waals surface area contributed by atoms with Crippen molar-refractivity contribution in [2.45, 2.75) is 51.1 Å². The van der Waals surface area contributed by atoms with E-state index >= 15 is 0 Å². The molecule has 0 spiro atoms. The van der Waals surface area contributed by atoms with Crippen molar-refractivity contribution in [3.05, 3.63) is 29.8 Å². The summed E-state index contributed by atoms with van der Waals surface area (Å²) in [6, 6.07) is 7.43. The number of nitrogens with one attached hydrogen (secondary N) is 2. The lowest BCUT2D eigenvalue weighted by atomic mass is 10.2. The van der Waals surface area contributed by atoms with Crippen molar-refractivity contribution < 1.29 is 8.42 Å². The average molecular weight is 284 g/mol. The standard InChI is InChI=1S/C14H24N2O2S/c1-4-5-10-16-19(17,18)14-8-6-13(7-9-14)11-15-12(2)3/h6-9,12,15-16H,4-5,10-11H2,1-3H3. The molecule has 0 aliphatic carbocycles. The Morgan fingerprint density at radius 3 is 2.32 bits per heavy atom. The molecule has 0 fully saturated rings. The zero-order chi connectivity index (χ0) is 14.3. The van der Waals surface area contributed by atoms with Crippen LogP contribution >= 0.6 is 0 Å². The number of hydrogen-bond donors (Lipinski definition) is 2. The Morgan fingerprint density at radius 2 is 1.79 bits per heavy atom. The summed E-state index contributed by atoms with van der Waals surface area (Å²) in [4.78, 5) is 0.330. The normalized spacial score (nSPS) is 12.0. The summed E-state index contributed by atoms with van der Waals surface area (Å²) in [5.74, 6) is 0. The molecule has 0 bridgehead atoms. The Kier molecular flexibility index (Phi) is 6.48. The van der Waals surface area contributed by atoms with Crippen molar-refractivity contribution in [1.29, 1.82) is 0 Å². The van der Waals surface area contributed by atoms with E-state index in [-0.39, 0.29) is 0 Å². The molecule has 0 saturated heterocycles. The SMILES string of the molecule is CCCCNS(=O)(=O)c1ccc(CNC(C)C)cc1. The molecule has 5 heteroatoms. The van der Waals surface area contributed by atoms with Gasteiger partial charge >= 0.3 is 0 Å². The molecule has 19 heavy (non-hydrogen) atoms. The van der Waals surface area contributed by atoms with Crippen LogP contribution in [-0.2, 0) is 16.6 Å². The number of sulfonamides is 1. The fourth-order valence-corrected chi connectivity index (χ4v) is 2.65. The summed E-state index contributed by atoms with van der Waals surface area (Å²) < 4.78 is 26.5. The monoisotopic (exact) mass is 284 g/mol. The van der Waals surface area contributed by atoms with Crippen LogP contribution < -0.4 is 10.0 Å². The molecule has 0 atom stereocenters. The van der Waals surface area contributed by atoms with Crippen LogP contribution in [-0.4, -0.2) is 21.0 Å². The van der Waals surface area contributed by atoms with Gasteiger partial charge in [-0.05, 0) is 24.1 Å². The van der Waals surface area contributed by atoms with Gasteiger partial charge in [0.25, 0.3) is 0 Å². The molecule has 108 valence electrons. The van der Waals surface area contributed by atoms with Crippen LogP contribution in [0.25, 0.3) is 0 Å². The highest BCUT2D eigenvalue weighted by Gasteiger charge is 2.12. The molecule has 1 aromatic rings. The predicted octanol–water partition coefficient (Wildman–Crippen LogP) is 2.26. The van der Waals surface area contributed by atoms with Crippen molar-refractivity contribution >= 4 is 10.0 Å². The Hall–Kier alpha value is -0.910. The highest BCUT2D eigenvalue weighted by molar-refractivity contribution is 7.89. The molecule has 0 amide bonds. The summed E-state index contributed by atoms with van der Waals surface area (Å²) in [5.41, 5.74) is 1.08. The highest BCUT2D eigenvalue weighted by Crippen LogP contribution is 2.10. The quantitative estimate of drug-likeness (QED) is 0.720. The Labute approximate surface area is 116 Å². The molecule has 2 N–H and O–H groups in total. The van der Waals surface area contributed by atoms with E-state index in [4.69, 9.17) is 0 Å². The molecule has 0 heterocycles. The second-order valence-electron chi connectivity index (χ2n) is 4.93. The van der Waals surface area contributed by atoms with Crippen molar-refractivity contribution in [2.24, 2.45) is 0 Å². The summed E-state index contributed by atoms with van der Waals surface area (Å²) >= 11 is 0. The van der Waals surface area contributed by atoms with E-state index in [1.165, 1.54) is 0 Å². The van der Waals surface area contributed by atoms with Gasteiger partial charge in [0.15, 0.2) is 0 Å². The lowest BCUT2D eigenvalue weighted by Crippen LogP contribution is -2.25. The third kappa shape index (κ3) is 5.72. The first kappa shape index (κ1) is 16.1. The molecule has 0 radical (unpaired) electrons. The lowest BCUT2D eigenvalue weighted by molar-refractivity contribution is 0.577. The molecule has 0 unspecified atom stereocenters. The highest BCUT2D eigenvalue weighted by atomic mass is 32.2. The zero-order valence-electron chi connectivity index (χ0n) is 11.9. The molecule has 1 rings (SSSR count). The number of hydrogen-bond acceptors (Lipinski definition) is 3. The third-order valence-electron chi connectivity index (χ3n) is 2.77. The van der Waals surface area contributed by atoms with Crippen LogP contribution in [0, 0.1) is 0 Å². The van der Waals surface area contributed by atoms with Crippen LogP contribution in [0.15, 0.2) is 29.2 Å². The van der Waals surface area contributed by atoms with Crippen molar-refractivity contribution in [1.82, 2.24) is 10.0 Å². The van der Waals surface area contributed by atoms with Gasteiger partial charge in [-0.15, -0.1) is 0 Å². The van der Waals surface area contributed by atoms with Gasteiger partial charge < -0.3 is 5.32 Å². The van der Waals surface area contributed by atoms with Crippen LogP contribution in [0.4, 0.5) is 0 Å². The van der Waals surface area contributed by atoms with Gasteiger partial charge in [-0.2, -0.15) is 0 Å². The lowest BCUT2D eigenvalue weighted by Gasteiger charge is -2.09. The number of benzene rings is 1. The molecular weight excluding hydrogens is 260 g/mol. The fourth-order valence-electron chi connectivity index (χ4n) is 1.58. The average Bonchev–Trinajstić information content (AvgIpc) is 2.37. The molecule has 0 aliphatic heterocycles. The third-order valence-corrected chi connectivity index (χ3v) is 4.25. The molecular formula is C14H24N2O2S. The van der Waals surface area contributed by atoms with Crippen LogP contribution in [0.1, 0.15) is 39.2 Å². The molecule has 4 nitrogen and oxygen atoms in total. The van der Waals surface area contributed by atoms with Crippen molar-refractivity contribution in [3.63, 3.8) is 0 Å². The van der Waals surface area contributed by atoms with Crippen molar-refractivity contribution in [3.8, 4) is 0 Å². The van der Waals surface area contributed by atoms with Gasteiger partial charge in [0.2, 0.25) is 10.0 Å². The van der Waals surface area contributed by atoms with Gasteiger partial charge in [-0.1, -0.05) is 39.3 Å². The summed E-state index contributed by atoms with van der Waals surface area (Å²) in [6.45, 7) is 7.44. The maximum Gasteiger partial charge on any atom is 0.240 e. The molecule has 1 aromatic carbocycles. The minimum Gasteiger partial charge on any atom is -0.310 e. The first-order valence-electron chi connectivity index (χ1n) is 6.77. The molecule has 0 aliphatic rings. The topological polar surface area (TPSA) is 58.2 Å². The molecule has 0 aromatic heterocycles. The second-order valence-corrected chi connectivity index (χ2v) is 6.70. The minimum absolute atomic E-state index is 0.330. The fraction of sp³-hybridized carbons (Fsp3) is 0.571. The first-order chi connectivity index (χ1) is 8.95. The van der Waals surface area contributed by atoms with Gasteiger partial charge in [0, 0.05) is 19.1 Å². The largest absolute Gasteiger partial charge is 0.310 e.